The summed E-state index contributed by atoms with van der Waals surface area (Å²) in [5.41, 5.74) is 0.291. The van der Waals surface area contributed by atoms with Gasteiger partial charge in [-0.1, -0.05) is 18.1 Å². The minimum Gasteiger partial charge on any atom is -0.388 e. The maximum atomic E-state index is 11.8. The zero-order valence-corrected chi connectivity index (χ0v) is 11.0. The Bertz CT molecular complexity index is 461. The Balaban J connectivity index is 1.47. The van der Waals surface area contributed by atoms with Crippen LogP contribution in [-0.2, 0) is 11.3 Å². The first-order valence-corrected chi connectivity index (χ1v) is 7.04. The summed E-state index contributed by atoms with van der Waals surface area (Å²) >= 11 is 0. The Morgan fingerprint density at radius 2 is 2.21 bits per heavy atom. The van der Waals surface area contributed by atoms with Gasteiger partial charge in [0.25, 0.3) is 0 Å². The van der Waals surface area contributed by atoms with E-state index in [1.165, 1.54) is 12.8 Å². The quantitative estimate of drug-likeness (QED) is 0.815. The maximum absolute atomic E-state index is 11.8. The molecule has 0 aliphatic heterocycles. The molecule has 1 aromatic rings. The van der Waals surface area contributed by atoms with Crippen molar-refractivity contribution < 1.29 is 9.90 Å². The van der Waals surface area contributed by atoms with E-state index in [0.717, 1.165) is 31.4 Å². The van der Waals surface area contributed by atoms with Gasteiger partial charge in [0, 0.05) is 18.7 Å². The lowest BCUT2D eigenvalue weighted by molar-refractivity contribution is -0.123. The number of aromatic nitrogens is 3. The molecule has 1 amide bonds. The summed E-state index contributed by atoms with van der Waals surface area (Å²) in [4.78, 5) is 11.8. The molecule has 2 N–H and O–H groups in total. The second-order valence-corrected chi connectivity index (χ2v) is 5.82. The summed E-state index contributed by atoms with van der Waals surface area (Å²) in [5, 5.41) is 21.0. The van der Waals surface area contributed by atoms with Crippen LogP contribution in [-0.4, -0.2) is 38.2 Å². The van der Waals surface area contributed by atoms with Crippen LogP contribution in [0.1, 0.15) is 50.1 Å². The summed E-state index contributed by atoms with van der Waals surface area (Å²) < 4.78 is 1.57. The Kier molecular flexibility index (Phi) is 3.26. The van der Waals surface area contributed by atoms with Crippen LogP contribution in [0.3, 0.4) is 0 Å². The molecule has 0 radical (unpaired) electrons. The molecule has 2 fully saturated rings. The average Bonchev–Trinajstić information content (AvgIpc) is 2.99. The van der Waals surface area contributed by atoms with Gasteiger partial charge in [-0.15, -0.1) is 5.10 Å². The number of amides is 1. The largest absolute Gasteiger partial charge is 0.388 e. The van der Waals surface area contributed by atoms with Gasteiger partial charge in [0.2, 0.25) is 5.91 Å². The molecular formula is C13H20N4O2. The molecule has 0 atom stereocenters. The Hall–Kier alpha value is -1.43. The molecule has 0 aromatic carbocycles. The SMILES string of the molecule is O=C(Cn1cc(C2CC2)nn1)NCC1(O)CCCC1. The van der Waals surface area contributed by atoms with E-state index in [0.29, 0.717) is 12.5 Å². The molecule has 19 heavy (non-hydrogen) atoms. The summed E-state index contributed by atoms with van der Waals surface area (Å²) in [5.74, 6) is 0.434. The fourth-order valence-electron chi connectivity index (χ4n) is 2.63. The van der Waals surface area contributed by atoms with Crippen LogP contribution in [0.5, 0.6) is 0 Å². The molecule has 0 saturated heterocycles. The normalized spacial score (nSPS) is 21.5. The summed E-state index contributed by atoms with van der Waals surface area (Å²) in [6.07, 6.45) is 7.85. The van der Waals surface area contributed by atoms with E-state index in [-0.39, 0.29) is 12.5 Å². The molecule has 1 aromatic heterocycles. The highest BCUT2D eigenvalue weighted by atomic mass is 16.3. The van der Waals surface area contributed by atoms with Gasteiger partial charge < -0.3 is 10.4 Å². The van der Waals surface area contributed by atoms with Crippen LogP contribution in [0.15, 0.2) is 6.20 Å². The molecule has 0 spiro atoms. The van der Waals surface area contributed by atoms with Gasteiger partial charge in [0.15, 0.2) is 0 Å². The Morgan fingerprint density at radius 3 is 2.89 bits per heavy atom. The summed E-state index contributed by atoms with van der Waals surface area (Å²) in [7, 11) is 0. The number of aliphatic hydroxyl groups is 1. The van der Waals surface area contributed by atoms with Crippen molar-refractivity contribution in [2.75, 3.05) is 6.54 Å². The van der Waals surface area contributed by atoms with Crippen molar-refractivity contribution in [3.63, 3.8) is 0 Å². The lowest BCUT2D eigenvalue weighted by atomic mass is 10.0. The van der Waals surface area contributed by atoms with Crippen LogP contribution in [0, 0.1) is 0 Å². The minimum atomic E-state index is -0.697. The molecule has 0 unspecified atom stereocenters. The third kappa shape index (κ3) is 3.12. The maximum Gasteiger partial charge on any atom is 0.241 e. The molecular weight excluding hydrogens is 244 g/mol. The highest BCUT2D eigenvalue weighted by Gasteiger charge is 2.31. The molecule has 104 valence electrons. The number of nitrogens with zero attached hydrogens (tertiary/aromatic N) is 3. The number of rotatable bonds is 5. The number of hydrogen-bond acceptors (Lipinski definition) is 4. The van der Waals surface area contributed by atoms with Crippen molar-refractivity contribution in [3.05, 3.63) is 11.9 Å². The van der Waals surface area contributed by atoms with E-state index in [1.54, 1.807) is 4.68 Å². The van der Waals surface area contributed by atoms with Crippen molar-refractivity contribution >= 4 is 5.91 Å². The van der Waals surface area contributed by atoms with Crippen molar-refractivity contribution in [3.8, 4) is 0 Å². The highest BCUT2D eigenvalue weighted by Crippen LogP contribution is 2.38. The molecule has 2 aliphatic carbocycles. The standard InChI is InChI=1S/C13H20N4O2/c18-12(14-9-13(19)5-1-2-6-13)8-17-7-11(15-16-17)10-3-4-10/h7,10,19H,1-6,8-9H2,(H,14,18). The van der Waals surface area contributed by atoms with Crippen LogP contribution in [0.4, 0.5) is 0 Å². The lowest BCUT2D eigenvalue weighted by Crippen LogP contribution is -2.41. The molecule has 0 bridgehead atoms. The van der Waals surface area contributed by atoms with Crippen molar-refractivity contribution in [1.29, 1.82) is 0 Å². The molecule has 1 heterocycles. The minimum absolute atomic E-state index is 0.118. The zero-order valence-electron chi connectivity index (χ0n) is 11.0. The summed E-state index contributed by atoms with van der Waals surface area (Å²) in [6, 6.07) is 0. The number of hydrogen-bond donors (Lipinski definition) is 2. The van der Waals surface area contributed by atoms with E-state index in [2.05, 4.69) is 15.6 Å². The third-order valence-corrected chi connectivity index (χ3v) is 4.01. The van der Waals surface area contributed by atoms with Crippen molar-refractivity contribution in [1.82, 2.24) is 20.3 Å². The first-order chi connectivity index (χ1) is 9.15. The zero-order chi connectivity index (χ0) is 13.3. The van der Waals surface area contributed by atoms with Crippen LogP contribution in [0.2, 0.25) is 0 Å². The third-order valence-electron chi connectivity index (χ3n) is 4.01. The number of nitrogens with one attached hydrogen (secondary N) is 1. The molecule has 2 aliphatic rings. The molecule has 6 nitrogen and oxygen atoms in total. The van der Waals surface area contributed by atoms with Gasteiger partial charge in [-0.2, -0.15) is 0 Å². The van der Waals surface area contributed by atoms with Crippen molar-refractivity contribution in [2.24, 2.45) is 0 Å². The van der Waals surface area contributed by atoms with E-state index in [1.807, 2.05) is 6.20 Å². The molecule has 6 heteroatoms. The van der Waals surface area contributed by atoms with Crippen LogP contribution >= 0.6 is 0 Å². The van der Waals surface area contributed by atoms with E-state index in [9.17, 15) is 9.90 Å². The second-order valence-electron chi connectivity index (χ2n) is 5.82. The average molecular weight is 264 g/mol. The predicted molar refractivity (Wildman–Crippen MR) is 68.4 cm³/mol. The number of carbonyl (C=O) groups is 1. The van der Waals surface area contributed by atoms with Crippen LogP contribution in [0.25, 0.3) is 0 Å². The van der Waals surface area contributed by atoms with Gasteiger partial charge in [-0.3, -0.25) is 4.79 Å². The lowest BCUT2D eigenvalue weighted by Gasteiger charge is -2.22. The van der Waals surface area contributed by atoms with Gasteiger partial charge in [-0.25, -0.2) is 4.68 Å². The van der Waals surface area contributed by atoms with E-state index >= 15 is 0 Å². The second kappa shape index (κ2) is 4.92. The van der Waals surface area contributed by atoms with Gasteiger partial charge in [0.05, 0.1) is 11.3 Å². The topological polar surface area (TPSA) is 80.0 Å². The first-order valence-electron chi connectivity index (χ1n) is 7.04. The van der Waals surface area contributed by atoms with Gasteiger partial charge in [-0.05, 0) is 25.7 Å². The Labute approximate surface area is 112 Å². The van der Waals surface area contributed by atoms with E-state index < -0.39 is 5.60 Å². The van der Waals surface area contributed by atoms with Gasteiger partial charge in [0.1, 0.15) is 6.54 Å². The first kappa shape index (κ1) is 12.6. The molecule has 2 saturated carbocycles. The fourth-order valence-corrected chi connectivity index (χ4v) is 2.63. The van der Waals surface area contributed by atoms with Gasteiger partial charge >= 0.3 is 0 Å². The monoisotopic (exact) mass is 264 g/mol. The predicted octanol–water partition coefficient (Wildman–Crippen LogP) is 0.577. The summed E-state index contributed by atoms with van der Waals surface area (Å²) in [6.45, 7) is 0.520. The smallest absolute Gasteiger partial charge is 0.241 e. The van der Waals surface area contributed by atoms with Crippen molar-refractivity contribution in [2.45, 2.75) is 56.6 Å². The Morgan fingerprint density at radius 1 is 1.47 bits per heavy atom. The van der Waals surface area contributed by atoms with E-state index in [4.69, 9.17) is 0 Å². The number of carbonyl (C=O) groups excluding carboxylic acids is 1. The molecule has 3 rings (SSSR count). The fraction of sp³-hybridized carbons (Fsp3) is 0.769. The van der Waals surface area contributed by atoms with Crippen LogP contribution < -0.4 is 5.32 Å². The highest BCUT2D eigenvalue weighted by molar-refractivity contribution is 5.75.